The van der Waals surface area contributed by atoms with E-state index in [1.54, 1.807) is 0 Å². The normalized spacial score (nSPS) is 28.4. The molecule has 2 heteroatoms. The van der Waals surface area contributed by atoms with Gasteiger partial charge in [-0.2, -0.15) is 0 Å². The zero-order chi connectivity index (χ0) is 13.2. The molecule has 2 unspecified atom stereocenters. The lowest BCUT2D eigenvalue weighted by Gasteiger charge is -2.36. The molecule has 1 N–H and O–H groups in total. The molecule has 0 aliphatic heterocycles. The van der Waals surface area contributed by atoms with Gasteiger partial charge in [-0.3, -0.25) is 0 Å². The van der Waals surface area contributed by atoms with Crippen LogP contribution in [0.5, 0.6) is 5.75 Å². The molecule has 0 heterocycles. The van der Waals surface area contributed by atoms with E-state index < -0.39 is 5.60 Å². The van der Waals surface area contributed by atoms with Crippen LogP contribution >= 0.6 is 0 Å². The van der Waals surface area contributed by atoms with Crippen LogP contribution in [-0.2, 0) is 5.60 Å². The molecule has 0 aromatic heterocycles. The average Bonchev–Trinajstić information content (AvgIpc) is 2.28. The van der Waals surface area contributed by atoms with Crippen LogP contribution in [0.3, 0.4) is 0 Å². The molecule has 2 atom stereocenters. The zero-order valence-corrected chi connectivity index (χ0v) is 11.6. The second kappa shape index (κ2) is 5.31. The molecule has 2 nitrogen and oxygen atoms in total. The molecule has 0 spiro atoms. The minimum Gasteiger partial charge on any atom is -0.491 e. The topological polar surface area (TPSA) is 29.5 Å². The molecule has 0 radical (unpaired) electrons. The van der Waals surface area contributed by atoms with Crippen molar-refractivity contribution in [2.24, 2.45) is 5.92 Å². The molecule has 1 aliphatic carbocycles. The third-order valence-electron chi connectivity index (χ3n) is 3.72. The maximum Gasteiger partial charge on any atom is 0.120 e. The zero-order valence-electron chi connectivity index (χ0n) is 11.6. The lowest BCUT2D eigenvalue weighted by molar-refractivity contribution is -0.0181. The Labute approximate surface area is 110 Å². The van der Waals surface area contributed by atoms with Crippen LogP contribution in [0.4, 0.5) is 0 Å². The summed E-state index contributed by atoms with van der Waals surface area (Å²) in [5.74, 6) is 1.45. The predicted octanol–water partition coefficient (Wildman–Crippen LogP) is 3.87. The Bertz CT molecular complexity index is 400. The largest absolute Gasteiger partial charge is 0.491 e. The third-order valence-corrected chi connectivity index (χ3v) is 3.72. The van der Waals surface area contributed by atoms with Gasteiger partial charge in [-0.15, -0.1) is 0 Å². The Morgan fingerprint density at radius 2 is 2.17 bits per heavy atom. The number of rotatable bonds is 3. The monoisotopic (exact) mass is 248 g/mol. The lowest BCUT2D eigenvalue weighted by atomic mass is 9.75. The maximum absolute atomic E-state index is 10.8. The highest BCUT2D eigenvalue weighted by atomic mass is 16.5. The van der Waals surface area contributed by atoms with Gasteiger partial charge in [-0.05, 0) is 56.7 Å². The summed E-state index contributed by atoms with van der Waals surface area (Å²) < 4.78 is 5.71. The number of aliphatic hydroxyl groups is 1. The molecule has 1 aromatic carbocycles. The molecule has 18 heavy (non-hydrogen) atoms. The van der Waals surface area contributed by atoms with Crippen molar-refractivity contribution in [3.05, 3.63) is 29.8 Å². The van der Waals surface area contributed by atoms with Gasteiger partial charge in [0.05, 0.1) is 11.7 Å². The van der Waals surface area contributed by atoms with Crippen LogP contribution < -0.4 is 4.74 Å². The first-order valence-corrected chi connectivity index (χ1v) is 6.99. The summed E-state index contributed by atoms with van der Waals surface area (Å²) in [5.41, 5.74) is 0.348. The van der Waals surface area contributed by atoms with Crippen LogP contribution in [0, 0.1) is 5.92 Å². The molecule has 0 amide bonds. The number of benzene rings is 1. The standard InChI is InChI=1S/C16H24O2/c1-12(2)18-15-8-4-7-14(10-15)16(17)9-5-6-13(3)11-16/h4,7-8,10,12-13,17H,5-6,9,11H2,1-3H3. The molecule has 1 aliphatic rings. The SMILES string of the molecule is CC1CCCC(O)(c2cccc(OC(C)C)c2)C1. The fourth-order valence-corrected chi connectivity index (χ4v) is 2.92. The van der Waals surface area contributed by atoms with E-state index in [0.29, 0.717) is 5.92 Å². The van der Waals surface area contributed by atoms with Crippen molar-refractivity contribution in [3.8, 4) is 5.75 Å². The molecular formula is C16H24O2. The summed E-state index contributed by atoms with van der Waals surface area (Å²) in [6.45, 7) is 6.26. The molecule has 100 valence electrons. The second-order valence-corrected chi connectivity index (χ2v) is 5.93. The number of hydrogen-bond donors (Lipinski definition) is 1. The van der Waals surface area contributed by atoms with Crippen LogP contribution in [-0.4, -0.2) is 11.2 Å². The van der Waals surface area contributed by atoms with Crippen molar-refractivity contribution in [1.29, 1.82) is 0 Å². The predicted molar refractivity (Wildman–Crippen MR) is 73.7 cm³/mol. The van der Waals surface area contributed by atoms with Crippen molar-refractivity contribution in [2.45, 2.75) is 58.2 Å². The first kappa shape index (κ1) is 13.4. The highest BCUT2D eigenvalue weighted by molar-refractivity contribution is 5.32. The first-order valence-electron chi connectivity index (χ1n) is 6.99. The van der Waals surface area contributed by atoms with E-state index in [4.69, 9.17) is 4.74 Å². The molecule has 2 rings (SSSR count). The lowest BCUT2D eigenvalue weighted by Crippen LogP contribution is -2.31. The molecule has 0 bridgehead atoms. The van der Waals surface area contributed by atoms with Crippen molar-refractivity contribution in [3.63, 3.8) is 0 Å². The van der Waals surface area contributed by atoms with E-state index in [0.717, 1.165) is 30.6 Å². The van der Waals surface area contributed by atoms with Gasteiger partial charge >= 0.3 is 0 Å². The summed E-state index contributed by atoms with van der Waals surface area (Å²) in [4.78, 5) is 0. The minimum absolute atomic E-state index is 0.167. The number of ether oxygens (including phenoxy) is 1. The van der Waals surface area contributed by atoms with Crippen molar-refractivity contribution < 1.29 is 9.84 Å². The van der Waals surface area contributed by atoms with Gasteiger partial charge in [0.15, 0.2) is 0 Å². The van der Waals surface area contributed by atoms with Crippen molar-refractivity contribution in [2.75, 3.05) is 0 Å². The van der Waals surface area contributed by atoms with E-state index >= 15 is 0 Å². The average molecular weight is 248 g/mol. The first-order chi connectivity index (χ1) is 8.49. The second-order valence-electron chi connectivity index (χ2n) is 5.93. The van der Waals surface area contributed by atoms with E-state index in [9.17, 15) is 5.11 Å². The summed E-state index contributed by atoms with van der Waals surface area (Å²) in [6.07, 6.45) is 4.22. The molecular weight excluding hydrogens is 224 g/mol. The summed E-state index contributed by atoms with van der Waals surface area (Å²) in [5, 5.41) is 10.8. The van der Waals surface area contributed by atoms with Crippen LogP contribution in [0.2, 0.25) is 0 Å². The Morgan fingerprint density at radius 1 is 1.39 bits per heavy atom. The Kier molecular flexibility index (Phi) is 3.96. The molecule has 0 saturated heterocycles. The fraction of sp³-hybridized carbons (Fsp3) is 0.625. The van der Waals surface area contributed by atoms with E-state index in [2.05, 4.69) is 6.92 Å². The van der Waals surface area contributed by atoms with Crippen LogP contribution in [0.1, 0.15) is 52.0 Å². The quantitative estimate of drug-likeness (QED) is 0.879. The molecule has 1 aromatic rings. The van der Waals surface area contributed by atoms with Gasteiger partial charge < -0.3 is 9.84 Å². The van der Waals surface area contributed by atoms with Gasteiger partial charge in [-0.1, -0.05) is 25.5 Å². The Morgan fingerprint density at radius 3 is 2.83 bits per heavy atom. The van der Waals surface area contributed by atoms with Crippen molar-refractivity contribution in [1.82, 2.24) is 0 Å². The molecule has 1 fully saturated rings. The fourth-order valence-electron chi connectivity index (χ4n) is 2.92. The third kappa shape index (κ3) is 3.05. The van der Waals surface area contributed by atoms with Crippen LogP contribution in [0.25, 0.3) is 0 Å². The molecule has 1 saturated carbocycles. The van der Waals surface area contributed by atoms with Crippen LogP contribution in [0.15, 0.2) is 24.3 Å². The highest BCUT2D eigenvalue weighted by Gasteiger charge is 2.34. The van der Waals surface area contributed by atoms with Gasteiger partial charge in [-0.25, -0.2) is 0 Å². The minimum atomic E-state index is -0.659. The van der Waals surface area contributed by atoms with Gasteiger partial charge in [0.1, 0.15) is 5.75 Å². The highest BCUT2D eigenvalue weighted by Crippen LogP contribution is 2.40. The summed E-state index contributed by atoms with van der Waals surface area (Å²) in [6, 6.07) is 7.95. The van der Waals surface area contributed by atoms with Crippen molar-refractivity contribution >= 4 is 0 Å². The van der Waals surface area contributed by atoms with E-state index in [1.807, 2.05) is 38.1 Å². The maximum atomic E-state index is 10.8. The Hall–Kier alpha value is -1.02. The number of hydrogen-bond acceptors (Lipinski definition) is 2. The van der Waals surface area contributed by atoms with E-state index in [1.165, 1.54) is 6.42 Å². The van der Waals surface area contributed by atoms with E-state index in [-0.39, 0.29) is 6.10 Å². The summed E-state index contributed by atoms with van der Waals surface area (Å²) in [7, 11) is 0. The summed E-state index contributed by atoms with van der Waals surface area (Å²) >= 11 is 0. The van der Waals surface area contributed by atoms with Gasteiger partial charge in [0.25, 0.3) is 0 Å². The van der Waals surface area contributed by atoms with Gasteiger partial charge in [0.2, 0.25) is 0 Å². The smallest absolute Gasteiger partial charge is 0.120 e. The Balaban J connectivity index is 2.21. The van der Waals surface area contributed by atoms with Gasteiger partial charge in [0, 0.05) is 0 Å².